The molecule has 1 aromatic rings. The summed E-state index contributed by atoms with van der Waals surface area (Å²) in [6.07, 6.45) is 0.781. The van der Waals surface area contributed by atoms with Crippen molar-refractivity contribution in [2.24, 2.45) is 4.99 Å². The molecule has 1 unspecified atom stereocenters. The number of benzene rings is 1. The number of guanidine groups is 1. The van der Waals surface area contributed by atoms with Gasteiger partial charge in [0.1, 0.15) is 17.3 Å². The van der Waals surface area contributed by atoms with Gasteiger partial charge in [-0.05, 0) is 18.6 Å². The minimum absolute atomic E-state index is 0. The van der Waals surface area contributed by atoms with Crippen LogP contribution in [0.1, 0.15) is 6.42 Å². The van der Waals surface area contributed by atoms with Gasteiger partial charge in [-0.3, -0.25) is 4.99 Å². The van der Waals surface area contributed by atoms with Crippen LogP contribution in [0.4, 0.5) is 14.5 Å². The summed E-state index contributed by atoms with van der Waals surface area (Å²) in [5.74, 6) is -0.418. The van der Waals surface area contributed by atoms with E-state index in [0.29, 0.717) is 25.6 Å². The van der Waals surface area contributed by atoms with E-state index in [1.165, 1.54) is 18.2 Å². The third kappa shape index (κ3) is 5.59. The summed E-state index contributed by atoms with van der Waals surface area (Å²) in [4.78, 5) is 5.84. The summed E-state index contributed by atoms with van der Waals surface area (Å²) in [7, 11) is 1.68. The third-order valence-electron chi connectivity index (χ3n) is 3.45. The molecule has 0 spiro atoms. The van der Waals surface area contributed by atoms with Gasteiger partial charge >= 0.3 is 0 Å². The molecular formula is C15H20BrF2IN4. The average molecular weight is 501 g/mol. The molecule has 1 atom stereocenters. The summed E-state index contributed by atoms with van der Waals surface area (Å²) in [5, 5.41) is 6.35. The molecule has 2 N–H and O–H groups in total. The smallest absolute Gasteiger partial charge is 0.191 e. The van der Waals surface area contributed by atoms with Gasteiger partial charge < -0.3 is 15.5 Å². The molecule has 1 fully saturated rings. The van der Waals surface area contributed by atoms with E-state index in [1.807, 2.05) is 0 Å². The number of para-hydroxylation sites is 1. The quantitative estimate of drug-likeness (QED) is 0.379. The molecular weight excluding hydrogens is 481 g/mol. The van der Waals surface area contributed by atoms with E-state index in [9.17, 15) is 8.78 Å². The minimum Gasteiger partial charge on any atom is -0.365 e. The average Bonchev–Trinajstić information content (AvgIpc) is 2.91. The number of halogens is 4. The zero-order valence-electron chi connectivity index (χ0n) is 12.8. The first kappa shape index (κ1) is 20.1. The lowest BCUT2D eigenvalue weighted by Crippen LogP contribution is -2.45. The summed E-state index contributed by atoms with van der Waals surface area (Å²) < 4.78 is 28.4. The Hall–Kier alpha value is -0.900. The molecule has 1 aliphatic heterocycles. The van der Waals surface area contributed by atoms with Crippen LogP contribution in [0, 0.1) is 11.6 Å². The van der Waals surface area contributed by atoms with Gasteiger partial charge in [0, 0.05) is 37.2 Å². The lowest BCUT2D eigenvalue weighted by molar-refractivity contribution is 0.576. The maximum atomic E-state index is 13.8. The monoisotopic (exact) mass is 500 g/mol. The maximum Gasteiger partial charge on any atom is 0.191 e. The highest BCUT2D eigenvalue weighted by molar-refractivity contribution is 14.0. The Kier molecular flexibility index (Phi) is 8.24. The van der Waals surface area contributed by atoms with Crippen molar-refractivity contribution in [2.75, 3.05) is 31.6 Å². The molecule has 0 aromatic heterocycles. The van der Waals surface area contributed by atoms with Crippen molar-refractivity contribution in [3.05, 3.63) is 40.9 Å². The van der Waals surface area contributed by atoms with Crippen molar-refractivity contribution >= 4 is 51.6 Å². The fourth-order valence-electron chi connectivity index (χ4n) is 2.44. The van der Waals surface area contributed by atoms with E-state index < -0.39 is 11.6 Å². The van der Waals surface area contributed by atoms with Gasteiger partial charge in [0.2, 0.25) is 0 Å². The highest BCUT2D eigenvalue weighted by atomic mass is 127. The van der Waals surface area contributed by atoms with Gasteiger partial charge in [0.05, 0.1) is 0 Å². The number of nitrogens with one attached hydrogen (secondary N) is 2. The van der Waals surface area contributed by atoms with E-state index in [-0.39, 0.29) is 35.7 Å². The number of hydrogen-bond donors (Lipinski definition) is 2. The normalized spacial score (nSPS) is 17.7. The molecule has 23 heavy (non-hydrogen) atoms. The lowest BCUT2D eigenvalue weighted by Gasteiger charge is -2.21. The Balaban J connectivity index is 0.00000264. The van der Waals surface area contributed by atoms with Gasteiger partial charge in [-0.2, -0.15) is 0 Å². The first-order valence-electron chi connectivity index (χ1n) is 7.00. The Morgan fingerprint density at radius 2 is 2.09 bits per heavy atom. The summed E-state index contributed by atoms with van der Waals surface area (Å²) >= 11 is 3.27. The van der Waals surface area contributed by atoms with Crippen molar-refractivity contribution < 1.29 is 8.78 Å². The van der Waals surface area contributed by atoms with Crippen molar-refractivity contribution in [1.82, 2.24) is 10.6 Å². The van der Waals surface area contributed by atoms with Gasteiger partial charge in [-0.15, -0.1) is 24.0 Å². The predicted molar refractivity (Wildman–Crippen MR) is 105 cm³/mol. The second-order valence-electron chi connectivity index (χ2n) is 5.09. The minimum atomic E-state index is -0.529. The first-order valence-corrected chi connectivity index (χ1v) is 7.80. The molecule has 0 radical (unpaired) electrons. The van der Waals surface area contributed by atoms with Gasteiger partial charge in [0.15, 0.2) is 5.96 Å². The largest absolute Gasteiger partial charge is 0.365 e. The van der Waals surface area contributed by atoms with Crippen LogP contribution >= 0.6 is 39.9 Å². The maximum absolute atomic E-state index is 13.8. The molecule has 4 nitrogen and oxygen atoms in total. The number of nitrogens with zero attached hydrogens (tertiary/aromatic N) is 2. The number of anilines is 1. The predicted octanol–water partition coefficient (Wildman–Crippen LogP) is 3.24. The van der Waals surface area contributed by atoms with E-state index in [4.69, 9.17) is 0 Å². The van der Waals surface area contributed by atoms with Crippen molar-refractivity contribution in [3.8, 4) is 0 Å². The van der Waals surface area contributed by atoms with Crippen LogP contribution in [0.15, 0.2) is 34.3 Å². The van der Waals surface area contributed by atoms with Crippen LogP contribution in [-0.2, 0) is 0 Å². The first-order chi connectivity index (χ1) is 10.5. The van der Waals surface area contributed by atoms with Crippen molar-refractivity contribution in [2.45, 2.75) is 12.5 Å². The number of aliphatic imine (C=N–C) groups is 1. The summed E-state index contributed by atoms with van der Waals surface area (Å²) in [5.41, 5.74) is 0.0450. The standard InChI is InChI=1S/C15H19BrF2N4.HI/c1-10(16)8-20-15(19-2)21-11-6-7-22(9-11)14-12(17)4-3-5-13(14)18;/h3-5,11H,1,6-9H2,2H3,(H2,19,20,21);1H. The van der Waals surface area contributed by atoms with E-state index >= 15 is 0 Å². The van der Waals surface area contributed by atoms with Gasteiger partial charge in [0.25, 0.3) is 0 Å². The van der Waals surface area contributed by atoms with E-state index in [2.05, 4.69) is 38.1 Å². The SMILES string of the molecule is C=C(Br)CNC(=NC)NC1CCN(c2c(F)cccc2F)C1.I. The lowest BCUT2D eigenvalue weighted by atomic mass is 10.2. The zero-order chi connectivity index (χ0) is 16.1. The van der Waals surface area contributed by atoms with Crippen LogP contribution < -0.4 is 15.5 Å². The number of rotatable bonds is 4. The topological polar surface area (TPSA) is 39.7 Å². The highest BCUT2D eigenvalue weighted by Crippen LogP contribution is 2.26. The molecule has 2 rings (SSSR count). The third-order valence-corrected chi connectivity index (χ3v) is 3.73. The fourth-order valence-corrected chi connectivity index (χ4v) is 2.58. The number of hydrogen-bond acceptors (Lipinski definition) is 2. The van der Waals surface area contributed by atoms with Crippen LogP contribution in [0.25, 0.3) is 0 Å². The molecule has 8 heteroatoms. The van der Waals surface area contributed by atoms with Crippen LogP contribution in [0.3, 0.4) is 0 Å². The zero-order valence-corrected chi connectivity index (χ0v) is 16.7. The molecule has 0 amide bonds. The molecule has 1 aromatic carbocycles. The molecule has 128 valence electrons. The van der Waals surface area contributed by atoms with Crippen LogP contribution in [0.5, 0.6) is 0 Å². The Bertz CT molecular complexity index is 562. The second-order valence-corrected chi connectivity index (χ2v) is 6.21. The Morgan fingerprint density at radius 1 is 1.43 bits per heavy atom. The van der Waals surface area contributed by atoms with E-state index in [0.717, 1.165) is 10.9 Å². The molecule has 1 heterocycles. The van der Waals surface area contributed by atoms with Crippen LogP contribution in [0.2, 0.25) is 0 Å². The molecule has 0 saturated carbocycles. The molecule has 0 aliphatic carbocycles. The Labute approximate surface area is 160 Å². The van der Waals surface area contributed by atoms with Crippen molar-refractivity contribution in [1.29, 1.82) is 0 Å². The van der Waals surface area contributed by atoms with Gasteiger partial charge in [-0.25, -0.2) is 8.78 Å². The fraction of sp³-hybridized carbons (Fsp3) is 0.400. The highest BCUT2D eigenvalue weighted by Gasteiger charge is 2.27. The van der Waals surface area contributed by atoms with Crippen molar-refractivity contribution in [3.63, 3.8) is 0 Å². The summed E-state index contributed by atoms with van der Waals surface area (Å²) in [6, 6.07) is 4.01. The van der Waals surface area contributed by atoms with Gasteiger partial charge in [-0.1, -0.05) is 28.6 Å². The van der Waals surface area contributed by atoms with E-state index in [1.54, 1.807) is 11.9 Å². The molecule has 1 aliphatic rings. The summed E-state index contributed by atoms with van der Waals surface area (Å²) in [6.45, 7) is 5.41. The Morgan fingerprint density at radius 3 is 2.65 bits per heavy atom. The molecule has 1 saturated heterocycles. The van der Waals surface area contributed by atoms with Crippen LogP contribution in [-0.4, -0.2) is 38.7 Å². The molecule has 0 bridgehead atoms. The second kappa shape index (κ2) is 9.41.